The van der Waals surface area contributed by atoms with Crippen LogP contribution in [0.5, 0.6) is 0 Å². The minimum atomic E-state index is -3.92. The molecule has 4 aromatic carbocycles. The summed E-state index contributed by atoms with van der Waals surface area (Å²) in [7, 11) is -3.92. The molecule has 59 heavy (non-hydrogen) atoms. The molecule has 0 aliphatic rings. The van der Waals surface area contributed by atoms with Gasteiger partial charge < -0.3 is 10.6 Å². The number of nitrogens with zero attached hydrogens (tertiary/aromatic N) is 7. The van der Waals surface area contributed by atoms with E-state index in [9.17, 15) is 8.42 Å². The smallest absolute Gasteiger partial charge is 0.239 e. The Morgan fingerprint density at radius 2 is 1.07 bits per heavy atom. The van der Waals surface area contributed by atoms with Crippen molar-refractivity contribution >= 4 is 55.1 Å². The third kappa shape index (κ3) is 9.18. The lowest BCUT2D eigenvalue weighted by atomic mass is 10.0. The van der Waals surface area contributed by atoms with Crippen LogP contribution in [0.15, 0.2) is 169 Å². The van der Waals surface area contributed by atoms with Gasteiger partial charge in [0, 0.05) is 30.4 Å². The summed E-state index contributed by atoms with van der Waals surface area (Å²) in [4.78, 5) is 30.9. The van der Waals surface area contributed by atoms with Gasteiger partial charge in [-0.25, -0.2) is 33.5 Å². The largest absolute Gasteiger partial charge is 0.364 e. The summed E-state index contributed by atoms with van der Waals surface area (Å²) in [6, 6.07) is 45.0. The Hall–Kier alpha value is -7.19. The molecule has 290 valence electrons. The number of fused-ring (bicyclic) bond motifs is 2. The number of primary sulfonamides is 1. The van der Waals surface area contributed by atoms with Crippen LogP contribution in [0.25, 0.3) is 55.4 Å². The van der Waals surface area contributed by atoms with Crippen LogP contribution < -0.4 is 15.8 Å². The zero-order valence-corrected chi connectivity index (χ0v) is 32.9. The number of sulfonamides is 1. The highest BCUT2D eigenvalue weighted by molar-refractivity contribution is 7.89. The van der Waals surface area contributed by atoms with Crippen molar-refractivity contribution in [1.82, 2.24) is 34.9 Å². The van der Waals surface area contributed by atoms with Gasteiger partial charge in [0.05, 0.1) is 46.3 Å². The second-order valence-corrected chi connectivity index (χ2v) is 15.1. The van der Waals surface area contributed by atoms with Gasteiger partial charge in [-0.2, -0.15) is 0 Å². The average Bonchev–Trinajstić information content (AvgIpc) is 3.28. The minimum absolute atomic E-state index is 0.102. The number of nitrogens with one attached hydrogen (secondary N) is 2. The van der Waals surface area contributed by atoms with Crippen LogP contribution >= 0.6 is 11.6 Å². The molecule has 0 fully saturated rings. The SMILES string of the molecule is Clc1nc(NCc2ccccn2)c2c(-c3ccccc3)cccc2n1.NS(=O)(=O)c1cncc(-c2nc(NCc3ccccn3)c3c(-c4ccccc4)cccc3n2)c1. The van der Waals surface area contributed by atoms with Gasteiger partial charge in [-0.3, -0.25) is 15.0 Å². The van der Waals surface area contributed by atoms with Crippen LogP contribution in [0.2, 0.25) is 5.28 Å². The molecular formula is C45H35ClN10O2S. The molecule has 5 aromatic heterocycles. The molecule has 0 saturated carbocycles. The quantitative estimate of drug-likeness (QED) is 0.112. The van der Waals surface area contributed by atoms with Crippen molar-refractivity contribution in [3.63, 3.8) is 0 Å². The van der Waals surface area contributed by atoms with Crippen molar-refractivity contribution < 1.29 is 8.42 Å². The topological polar surface area (TPSA) is 174 Å². The lowest BCUT2D eigenvalue weighted by Crippen LogP contribution is -2.12. The number of halogens is 1. The lowest BCUT2D eigenvalue weighted by Gasteiger charge is -2.14. The van der Waals surface area contributed by atoms with Gasteiger partial charge in [0.25, 0.3) is 0 Å². The Bertz CT molecular complexity index is 2980. The van der Waals surface area contributed by atoms with Crippen molar-refractivity contribution in [3.8, 4) is 33.6 Å². The molecule has 12 nitrogen and oxygen atoms in total. The Balaban J connectivity index is 0.000000172. The molecule has 0 aliphatic carbocycles. The summed E-state index contributed by atoms with van der Waals surface area (Å²) in [6.45, 7) is 1.01. The van der Waals surface area contributed by atoms with Crippen molar-refractivity contribution in [2.75, 3.05) is 10.6 Å². The van der Waals surface area contributed by atoms with Crippen molar-refractivity contribution in [1.29, 1.82) is 0 Å². The monoisotopic (exact) mass is 814 g/mol. The van der Waals surface area contributed by atoms with Gasteiger partial charge in [-0.05, 0) is 76.3 Å². The molecule has 0 atom stereocenters. The van der Waals surface area contributed by atoms with Crippen LogP contribution in [0.1, 0.15) is 11.4 Å². The standard InChI is InChI=1S/C25H20N6O2S.C20H15ClN4/c26-34(32,33)20-13-18(14-27-16-20)24-30-22-11-6-10-21(17-7-2-1-3-8-17)23(22)25(31-24)29-15-19-9-4-5-12-28-19;21-20-24-17-11-6-10-16(14-7-2-1-3-8-14)18(17)19(25-20)23-13-15-9-4-5-12-22-15/h1-14,16H,15H2,(H2,26,32,33)(H,29,30,31);1-12H,13H2,(H,23,24,25). The first-order chi connectivity index (χ1) is 28.8. The number of anilines is 2. The van der Waals surface area contributed by atoms with E-state index in [0.717, 1.165) is 49.9 Å². The predicted octanol–water partition coefficient (Wildman–Crippen LogP) is 8.97. The molecule has 0 spiro atoms. The van der Waals surface area contributed by atoms with E-state index in [1.165, 1.54) is 18.5 Å². The number of aromatic nitrogens is 7. The fraction of sp³-hybridized carbons (Fsp3) is 0.0444. The first-order valence-corrected chi connectivity index (χ1v) is 20.4. The highest BCUT2D eigenvalue weighted by atomic mass is 35.5. The molecule has 0 aliphatic heterocycles. The maximum atomic E-state index is 11.8. The van der Waals surface area contributed by atoms with E-state index in [0.29, 0.717) is 41.6 Å². The maximum absolute atomic E-state index is 11.8. The van der Waals surface area contributed by atoms with Crippen molar-refractivity contribution in [2.45, 2.75) is 18.0 Å². The maximum Gasteiger partial charge on any atom is 0.239 e. The molecule has 9 aromatic rings. The Labute approximate surface area is 345 Å². The zero-order chi connectivity index (χ0) is 40.6. The van der Waals surface area contributed by atoms with Gasteiger partial charge >= 0.3 is 0 Å². The van der Waals surface area contributed by atoms with Crippen LogP contribution in [-0.4, -0.2) is 43.3 Å². The van der Waals surface area contributed by atoms with Crippen molar-refractivity contribution in [2.24, 2.45) is 5.14 Å². The summed E-state index contributed by atoms with van der Waals surface area (Å²) in [5.74, 6) is 1.64. The first-order valence-electron chi connectivity index (χ1n) is 18.4. The molecule has 0 unspecified atom stereocenters. The Morgan fingerprint density at radius 3 is 1.59 bits per heavy atom. The van der Waals surface area contributed by atoms with Crippen LogP contribution in [0, 0.1) is 0 Å². The molecular weight excluding hydrogens is 780 g/mol. The number of hydrogen-bond acceptors (Lipinski definition) is 11. The summed E-state index contributed by atoms with van der Waals surface area (Å²) < 4.78 is 23.7. The van der Waals surface area contributed by atoms with Gasteiger partial charge in [-0.1, -0.05) is 97.1 Å². The highest BCUT2D eigenvalue weighted by Gasteiger charge is 2.17. The fourth-order valence-electron chi connectivity index (χ4n) is 6.49. The molecule has 0 saturated heterocycles. The second-order valence-electron chi connectivity index (χ2n) is 13.2. The number of nitrogens with two attached hydrogens (primary N) is 1. The van der Waals surface area contributed by atoms with E-state index in [4.69, 9.17) is 26.7 Å². The fourth-order valence-corrected chi connectivity index (χ4v) is 7.16. The molecule has 0 radical (unpaired) electrons. The molecule has 4 N–H and O–H groups in total. The lowest BCUT2D eigenvalue weighted by molar-refractivity contribution is 0.597. The Morgan fingerprint density at radius 1 is 0.542 bits per heavy atom. The van der Waals surface area contributed by atoms with Gasteiger partial charge in [0.1, 0.15) is 16.5 Å². The van der Waals surface area contributed by atoms with Crippen LogP contribution in [-0.2, 0) is 23.1 Å². The van der Waals surface area contributed by atoms with E-state index in [1.807, 2.05) is 115 Å². The Kier molecular flexibility index (Phi) is 11.5. The van der Waals surface area contributed by atoms with E-state index >= 15 is 0 Å². The minimum Gasteiger partial charge on any atom is -0.364 e. The van der Waals surface area contributed by atoms with E-state index < -0.39 is 10.0 Å². The summed E-state index contributed by atoms with van der Waals surface area (Å²) >= 11 is 6.13. The van der Waals surface area contributed by atoms with Gasteiger partial charge in [-0.15, -0.1) is 0 Å². The number of hydrogen-bond donors (Lipinski definition) is 3. The van der Waals surface area contributed by atoms with Gasteiger partial charge in [0.2, 0.25) is 15.3 Å². The first kappa shape index (κ1) is 38.7. The second kappa shape index (κ2) is 17.5. The molecule has 0 bridgehead atoms. The predicted molar refractivity (Wildman–Crippen MR) is 233 cm³/mol. The molecule has 14 heteroatoms. The van der Waals surface area contributed by atoms with Gasteiger partial charge in [0.15, 0.2) is 5.82 Å². The number of rotatable bonds is 10. The third-order valence-electron chi connectivity index (χ3n) is 9.22. The molecule has 9 rings (SSSR count). The highest BCUT2D eigenvalue weighted by Crippen LogP contribution is 2.35. The molecule has 0 amide bonds. The average molecular weight is 815 g/mol. The van der Waals surface area contributed by atoms with Crippen LogP contribution in [0.3, 0.4) is 0 Å². The normalized spacial score (nSPS) is 11.2. The number of pyridine rings is 3. The summed E-state index contributed by atoms with van der Waals surface area (Å²) in [5, 5.41) is 14.1. The van der Waals surface area contributed by atoms with E-state index in [2.05, 4.69) is 53.8 Å². The summed E-state index contributed by atoms with van der Waals surface area (Å²) in [6.07, 6.45) is 6.23. The van der Waals surface area contributed by atoms with E-state index in [1.54, 1.807) is 12.4 Å². The summed E-state index contributed by atoms with van der Waals surface area (Å²) in [5.41, 5.74) is 7.93. The molecule has 5 heterocycles. The third-order valence-corrected chi connectivity index (χ3v) is 10.3. The van der Waals surface area contributed by atoms with E-state index in [-0.39, 0.29) is 10.2 Å². The van der Waals surface area contributed by atoms with Crippen LogP contribution in [0.4, 0.5) is 11.6 Å². The van der Waals surface area contributed by atoms with Crippen molar-refractivity contribution in [3.05, 3.63) is 181 Å². The zero-order valence-electron chi connectivity index (χ0n) is 31.3. The number of benzene rings is 4.